The first-order valence-corrected chi connectivity index (χ1v) is 6.53. The van der Waals surface area contributed by atoms with E-state index in [1.165, 1.54) is 0 Å². The van der Waals surface area contributed by atoms with Crippen LogP contribution in [0.15, 0.2) is 18.2 Å². The van der Waals surface area contributed by atoms with Crippen molar-refractivity contribution in [2.45, 2.75) is 38.8 Å². The molecular weight excluding hydrogens is 236 g/mol. The van der Waals surface area contributed by atoms with Crippen LogP contribution in [0.5, 0.6) is 0 Å². The molecule has 4 heteroatoms. The monoisotopic (exact) mass is 254 g/mol. The summed E-state index contributed by atoms with van der Waals surface area (Å²) < 4.78 is 5.74. The van der Waals surface area contributed by atoms with Crippen molar-refractivity contribution >= 4 is 17.4 Å². The molecule has 1 aliphatic rings. The van der Waals surface area contributed by atoms with Gasteiger partial charge in [-0.25, -0.2) is 4.98 Å². The number of pyridine rings is 1. The molecule has 1 fully saturated rings. The molecule has 1 aromatic rings. The number of hydrogen-bond acceptors (Lipinski definition) is 3. The van der Waals surface area contributed by atoms with Crippen LogP contribution in [0.1, 0.15) is 26.7 Å². The molecule has 1 aromatic heterocycles. The van der Waals surface area contributed by atoms with E-state index in [0.29, 0.717) is 23.2 Å². The number of ether oxygens (including phenoxy) is 1. The zero-order valence-corrected chi connectivity index (χ0v) is 11.1. The SMILES string of the molecule is CC(C)C1CC(Nc2cccc(Cl)n2)CCO1. The van der Waals surface area contributed by atoms with E-state index in [2.05, 4.69) is 24.1 Å². The molecule has 2 heterocycles. The third-order valence-corrected chi connectivity index (χ3v) is 3.34. The van der Waals surface area contributed by atoms with Gasteiger partial charge in [-0.1, -0.05) is 31.5 Å². The number of nitrogens with zero attached hydrogens (tertiary/aromatic N) is 1. The first kappa shape index (κ1) is 12.7. The van der Waals surface area contributed by atoms with Gasteiger partial charge in [0.05, 0.1) is 6.10 Å². The summed E-state index contributed by atoms with van der Waals surface area (Å²) in [5.74, 6) is 1.42. The Bertz CT molecular complexity index is 370. The van der Waals surface area contributed by atoms with Crippen LogP contribution in [-0.2, 0) is 4.74 Å². The van der Waals surface area contributed by atoms with Gasteiger partial charge in [-0.2, -0.15) is 0 Å². The second-order valence-electron chi connectivity index (χ2n) is 4.86. The fourth-order valence-corrected chi connectivity index (χ4v) is 2.29. The molecule has 2 atom stereocenters. The Morgan fingerprint density at radius 1 is 1.47 bits per heavy atom. The molecule has 1 saturated heterocycles. The maximum absolute atomic E-state index is 5.87. The van der Waals surface area contributed by atoms with Gasteiger partial charge in [0.2, 0.25) is 0 Å². The average molecular weight is 255 g/mol. The summed E-state index contributed by atoms with van der Waals surface area (Å²) >= 11 is 5.87. The van der Waals surface area contributed by atoms with Crippen LogP contribution in [0, 0.1) is 5.92 Å². The van der Waals surface area contributed by atoms with Gasteiger partial charge in [0.15, 0.2) is 0 Å². The quantitative estimate of drug-likeness (QED) is 0.840. The van der Waals surface area contributed by atoms with E-state index in [1.54, 1.807) is 6.07 Å². The molecule has 3 nitrogen and oxygen atoms in total. The van der Waals surface area contributed by atoms with Crippen molar-refractivity contribution in [1.82, 2.24) is 4.98 Å². The highest BCUT2D eigenvalue weighted by Gasteiger charge is 2.24. The standard InChI is InChI=1S/C13H19ClN2O/c1-9(2)11-8-10(6-7-17-11)15-13-5-3-4-12(14)16-13/h3-5,9-11H,6-8H2,1-2H3,(H,15,16). The van der Waals surface area contributed by atoms with Crippen molar-refractivity contribution in [3.05, 3.63) is 23.4 Å². The molecule has 0 bridgehead atoms. The Balaban J connectivity index is 1.94. The molecule has 0 spiro atoms. The minimum absolute atomic E-state index is 0.348. The van der Waals surface area contributed by atoms with E-state index in [1.807, 2.05) is 12.1 Å². The van der Waals surface area contributed by atoms with Crippen molar-refractivity contribution < 1.29 is 4.74 Å². The Labute approximate surface area is 108 Å². The molecular formula is C13H19ClN2O. The molecule has 1 N–H and O–H groups in total. The van der Waals surface area contributed by atoms with Gasteiger partial charge in [-0.05, 0) is 30.9 Å². The molecule has 0 radical (unpaired) electrons. The van der Waals surface area contributed by atoms with Crippen LogP contribution >= 0.6 is 11.6 Å². The van der Waals surface area contributed by atoms with Crippen LogP contribution in [-0.4, -0.2) is 23.7 Å². The van der Waals surface area contributed by atoms with E-state index in [-0.39, 0.29) is 0 Å². The topological polar surface area (TPSA) is 34.2 Å². The fourth-order valence-electron chi connectivity index (χ4n) is 2.12. The summed E-state index contributed by atoms with van der Waals surface area (Å²) in [6.45, 7) is 5.22. The molecule has 94 valence electrons. The molecule has 2 unspecified atom stereocenters. The number of hydrogen-bond donors (Lipinski definition) is 1. The van der Waals surface area contributed by atoms with E-state index in [9.17, 15) is 0 Å². The highest BCUT2D eigenvalue weighted by atomic mass is 35.5. The summed E-state index contributed by atoms with van der Waals surface area (Å²) in [5.41, 5.74) is 0. The van der Waals surface area contributed by atoms with Crippen molar-refractivity contribution in [3.63, 3.8) is 0 Å². The maximum atomic E-state index is 5.87. The maximum Gasteiger partial charge on any atom is 0.131 e. The first-order valence-electron chi connectivity index (χ1n) is 6.16. The predicted molar refractivity (Wildman–Crippen MR) is 70.5 cm³/mol. The first-order chi connectivity index (χ1) is 8.15. The minimum Gasteiger partial charge on any atom is -0.378 e. The van der Waals surface area contributed by atoms with Crippen LogP contribution in [0.3, 0.4) is 0 Å². The van der Waals surface area contributed by atoms with Gasteiger partial charge in [0, 0.05) is 12.6 Å². The van der Waals surface area contributed by atoms with Gasteiger partial charge < -0.3 is 10.1 Å². The Hall–Kier alpha value is -0.800. The van der Waals surface area contributed by atoms with Gasteiger partial charge in [-0.3, -0.25) is 0 Å². The summed E-state index contributed by atoms with van der Waals surface area (Å²) in [6, 6.07) is 6.08. The normalized spacial score (nSPS) is 24.9. The Morgan fingerprint density at radius 3 is 3.00 bits per heavy atom. The molecule has 0 aromatic carbocycles. The van der Waals surface area contributed by atoms with Crippen LogP contribution in [0.2, 0.25) is 5.15 Å². The van der Waals surface area contributed by atoms with Crippen molar-refractivity contribution in [3.8, 4) is 0 Å². The van der Waals surface area contributed by atoms with Gasteiger partial charge in [0.25, 0.3) is 0 Å². The molecule has 0 saturated carbocycles. The lowest BCUT2D eigenvalue weighted by atomic mass is 9.95. The zero-order chi connectivity index (χ0) is 12.3. The second-order valence-corrected chi connectivity index (χ2v) is 5.25. The zero-order valence-electron chi connectivity index (χ0n) is 10.3. The molecule has 17 heavy (non-hydrogen) atoms. The van der Waals surface area contributed by atoms with Crippen LogP contribution < -0.4 is 5.32 Å². The van der Waals surface area contributed by atoms with E-state index >= 15 is 0 Å². The summed E-state index contributed by atoms with van der Waals surface area (Å²) in [4.78, 5) is 4.25. The highest BCUT2D eigenvalue weighted by molar-refractivity contribution is 6.29. The van der Waals surface area contributed by atoms with Gasteiger partial charge >= 0.3 is 0 Å². The number of rotatable bonds is 3. The predicted octanol–water partition coefficient (Wildman–Crippen LogP) is 3.35. The van der Waals surface area contributed by atoms with E-state index in [0.717, 1.165) is 25.3 Å². The number of aromatic nitrogens is 1. The molecule has 2 rings (SSSR count). The number of nitrogens with one attached hydrogen (secondary N) is 1. The number of halogens is 1. The third kappa shape index (κ3) is 3.58. The summed E-state index contributed by atoms with van der Waals surface area (Å²) in [6.07, 6.45) is 2.41. The average Bonchev–Trinajstić information content (AvgIpc) is 2.29. The van der Waals surface area contributed by atoms with Gasteiger partial charge in [0.1, 0.15) is 11.0 Å². The second kappa shape index (κ2) is 5.69. The van der Waals surface area contributed by atoms with Crippen molar-refractivity contribution in [2.75, 3.05) is 11.9 Å². The lowest BCUT2D eigenvalue weighted by Crippen LogP contribution is -2.36. The van der Waals surface area contributed by atoms with Crippen LogP contribution in [0.25, 0.3) is 0 Å². The largest absolute Gasteiger partial charge is 0.378 e. The minimum atomic E-state index is 0.348. The lowest BCUT2D eigenvalue weighted by molar-refractivity contribution is -0.0161. The van der Waals surface area contributed by atoms with Gasteiger partial charge in [-0.15, -0.1) is 0 Å². The van der Waals surface area contributed by atoms with Crippen molar-refractivity contribution in [1.29, 1.82) is 0 Å². The lowest BCUT2D eigenvalue weighted by Gasteiger charge is -2.32. The van der Waals surface area contributed by atoms with E-state index < -0.39 is 0 Å². The number of anilines is 1. The van der Waals surface area contributed by atoms with Crippen molar-refractivity contribution in [2.24, 2.45) is 5.92 Å². The smallest absolute Gasteiger partial charge is 0.131 e. The molecule has 1 aliphatic heterocycles. The van der Waals surface area contributed by atoms with Crippen LogP contribution in [0.4, 0.5) is 5.82 Å². The third-order valence-electron chi connectivity index (χ3n) is 3.13. The molecule has 0 amide bonds. The fraction of sp³-hybridized carbons (Fsp3) is 0.615. The molecule has 0 aliphatic carbocycles. The summed E-state index contributed by atoms with van der Waals surface area (Å²) in [7, 11) is 0. The van der Waals surface area contributed by atoms with E-state index in [4.69, 9.17) is 16.3 Å². The Morgan fingerprint density at radius 2 is 2.29 bits per heavy atom. The Kier molecular flexibility index (Phi) is 4.24. The highest BCUT2D eigenvalue weighted by Crippen LogP contribution is 2.22. The summed E-state index contributed by atoms with van der Waals surface area (Å²) in [5, 5.41) is 3.96.